The summed E-state index contributed by atoms with van der Waals surface area (Å²) < 4.78 is 24.5. The second-order valence-electron chi connectivity index (χ2n) is 16.6. The summed E-state index contributed by atoms with van der Waals surface area (Å²) in [4.78, 5) is 59.3. The average molecular weight is 911 g/mol. The molecule has 0 saturated heterocycles. The summed E-state index contributed by atoms with van der Waals surface area (Å²) >= 11 is 0. The van der Waals surface area contributed by atoms with E-state index >= 15 is 0 Å². The highest BCUT2D eigenvalue weighted by molar-refractivity contribution is 5.93. The summed E-state index contributed by atoms with van der Waals surface area (Å²) in [5.41, 5.74) is 2.12. The average Bonchev–Trinajstić information content (AvgIpc) is 3.29. The molecule has 4 N–H and O–H groups in total. The first-order valence-corrected chi connectivity index (χ1v) is 24.3. The Hall–Kier alpha value is -5.60. The molecular weight excluding hydrogens is 837 g/mol. The second kappa shape index (κ2) is 31.3. The number of benzene rings is 2. The minimum Gasteiger partial charge on any atom is -0.493 e. The second-order valence-corrected chi connectivity index (χ2v) is 16.6. The van der Waals surface area contributed by atoms with E-state index in [-0.39, 0.29) is 23.6 Å². The molecule has 4 rings (SSSR count). The SMILES string of the molecule is CCCCCC(=O)Nc1cc(OCCCOCc2cccc3cccc(COCCCOc4cc(NC(=O)CCCCC)nc(NC(=O)CCCCC)c4)c23)cc(NC(=O)CCCCC)n1. The summed E-state index contributed by atoms with van der Waals surface area (Å²) in [6.07, 6.45) is 14.0. The first kappa shape index (κ1) is 53.0. The lowest BCUT2D eigenvalue weighted by Gasteiger charge is -2.14. The van der Waals surface area contributed by atoms with Gasteiger partial charge in [0.2, 0.25) is 23.6 Å². The van der Waals surface area contributed by atoms with Crippen molar-refractivity contribution in [1.29, 1.82) is 0 Å². The maximum absolute atomic E-state index is 12.6. The predicted octanol–water partition coefficient (Wildman–Crippen LogP) is 11.7. The van der Waals surface area contributed by atoms with E-state index in [9.17, 15) is 19.2 Å². The van der Waals surface area contributed by atoms with E-state index in [1.807, 2.05) is 12.1 Å². The molecule has 14 nitrogen and oxygen atoms in total. The van der Waals surface area contributed by atoms with Crippen molar-refractivity contribution in [1.82, 2.24) is 9.97 Å². The number of anilines is 4. The monoisotopic (exact) mass is 911 g/mol. The Morgan fingerprint density at radius 1 is 0.439 bits per heavy atom. The molecular formula is C52H74N6O8. The third-order valence-corrected chi connectivity index (χ3v) is 10.7. The third kappa shape index (κ3) is 20.7. The number of hydrogen-bond donors (Lipinski definition) is 4. The Labute approximate surface area is 392 Å². The van der Waals surface area contributed by atoms with Crippen LogP contribution in [0.1, 0.15) is 154 Å². The van der Waals surface area contributed by atoms with Crippen LogP contribution in [0.5, 0.6) is 11.5 Å². The van der Waals surface area contributed by atoms with Crippen LogP contribution in [-0.4, -0.2) is 60.0 Å². The summed E-state index contributed by atoms with van der Waals surface area (Å²) in [5.74, 6) is 1.88. The van der Waals surface area contributed by atoms with Gasteiger partial charge in [-0.15, -0.1) is 0 Å². The van der Waals surface area contributed by atoms with Gasteiger partial charge in [0.05, 0.1) is 39.6 Å². The van der Waals surface area contributed by atoms with Crippen LogP contribution in [0.2, 0.25) is 0 Å². The maximum atomic E-state index is 12.6. The number of amides is 4. The van der Waals surface area contributed by atoms with Gasteiger partial charge in [-0.2, -0.15) is 0 Å². The van der Waals surface area contributed by atoms with Crippen LogP contribution in [-0.2, 0) is 41.9 Å². The highest BCUT2D eigenvalue weighted by Crippen LogP contribution is 2.26. The molecule has 2 aromatic heterocycles. The molecule has 0 bridgehead atoms. The van der Waals surface area contributed by atoms with Gasteiger partial charge in [0, 0.05) is 62.8 Å². The Morgan fingerprint density at radius 3 is 1.09 bits per heavy atom. The molecule has 14 heteroatoms. The number of unbranched alkanes of at least 4 members (excludes halogenated alkanes) is 8. The van der Waals surface area contributed by atoms with Crippen LogP contribution < -0.4 is 30.7 Å². The largest absolute Gasteiger partial charge is 0.493 e. The van der Waals surface area contributed by atoms with Crippen molar-refractivity contribution in [2.75, 3.05) is 47.7 Å². The van der Waals surface area contributed by atoms with E-state index in [4.69, 9.17) is 18.9 Å². The van der Waals surface area contributed by atoms with Gasteiger partial charge in [0.1, 0.15) is 34.8 Å². The Balaban J connectivity index is 1.27. The number of carbonyl (C=O) groups is 4. The molecule has 0 aliphatic heterocycles. The van der Waals surface area contributed by atoms with E-state index in [2.05, 4.69) is 83.2 Å². The van der Waals surface area contributed by atoms with E-state index in [1.165, 1.54) is 0 Å². The standard InChI is InChI=1S/C52H74N6O8/c1-5-9-13-25-48(59)55-44-33-42(34-45(53-44)56-49(60)26-14-10-6-2)65-31-19-29-63-37-40-23-17-21-39-22-18-24-41(52(39)40)38-64-30-20-32-66-43-35-46(57-50(61)27-15-11-7-3)54-47(36-43)58-51(62)28-16-12-8-4/h17-18,21-24,33-36H,5-16,19-20,25-32,37-38H2,1-4H3,(H2,53,55,56,59,60)(H2,54,57,58,61,62). The Kier molecular flexibility index (Phi) is 25.2. The first-order chi connectivity index (χ1) is 32.2. The highest BCUT2D eigenvalue weighted by Gasteiger charge is 2.13. The lowest BCUT2D eigenvalue weighted by Crippen LogP contribution is -2.16. The topological polar surface area (TPSA) is 179 Å². The molecule has 0 aliphatic rings. The summed E-state index contributed by atoms with van der Waals surface area (Å²) in [6.45, 7) is 10.8. The number of fused-ring (bicyclic) bond motifs is 1. The molecule has 0 saturated carbocycles. The van der Waals surface area contributed by atoms with Crippen molar-refractivity contribution < 1.29 is 38.1 Å². The minimum atomic E-state index is -0.122. The van der Waals surface area contributed by atoms with Crippen LogP contribution in [0.3, 0.4) is 0 Å². The van der Waals surface area contributed by atoms with E-state index in [0.717, 1.165) is 98.9 Å². The molecule has 0 unspecified atom stereocenters. The van der Waals surface area contributed by atoms with Crippen molar-refractivity contribution in [3.8, 4) is 11.5 Å². The van der Waals surface area contributed by atoms with Gasteiger partial charge in [-0.25, -0.2) is 9.97 Å². The molecule has 360 valence electrons. The van der Waals surface area contributed by atoms with Gasteiger partial charge in [-0.05, 0) is 47.6 Å². The molecule has 66 heavy (non-hydrogen) atoms. The van der Waals surface area contributed by atoms with Crippen molar-refractivity contribution in [2.24, 2.45) is 0 Å². The van der Waals surface area contributed by atoms with Crippen LogP contribution in [0.15, 0.2) is 60.7 Å². The number of nitrogens with one attached hydrogen (secondary N) is 4. The van der Waals surface area contributed by atoms with E-state index in [1.54, 1.807) is 24.3 Å². The van der Waals surface area contributed by atoms with Gasteiger partial charge in [-0.3, -0.25) is 19.2 Å². The van der Waals surface area contributed by atoms with Crippen molar-refractivity contribution in [3.05, 3.63) is 71.8 Å². The Bertz CT molecular complexity index is 1870. The number of rotatable bonds is 34. The van der Waals surface area contributed by atoms with Crippen LogP contribution in [0, 0.1) is 0 Å². The number of ether oxygens (including phenoxy) is 4. The molecule has 0 aliphatic carbocycles. The normalized spacial score (nSPS) is 11.0. The number of nitrogens with zero attached hydrogens (tertiary/aromatic N) is 2. The van der Waals surface area contributed by atoms with Crippen molar-refractivity contribution in [3.63, 3.8) is 0 Å². The third-order valence-electron chi connectivity index (χ3n) is 10.7. The van der Waals surface area contributed by atoms with Crippen LogP contribution >= 0.6 is 0 Å². The lowest BCUT2D eigenvalue weighted by atomic mass is 10.00. The van der Waals surface area contributed by atoms with Crippen LogP contribution in [0.4, 0.5) is 23.3 Å². The molecule has 0 radical (unpaired) electrons. The summed E-state index contributed by atoms with van der Waals surface area (Å²) in [5, 5.41) is 13.7. The fraction of sp³-hybridized carbons (Fsp3) is 0.538. The molecule has 0 fully saturated rings. The molecule has 0 atom stereocenters. The zero-order chi connectivity index (χ0) is 47.2. The minimum absolute atomic E-state index is 0.122. The highest BCUT2D eigenvalue weighted by atomic mass is 16.5. The fourth-order valence-corrected chi connectivity index (χ4v) is 7.21. The Morgan fingerprint density at radius 2 is 0.773 bits per heavy atom. The molecule has 4 aromatic rings. The maximum Gasteiger partial charge on any atom is 0.225 e. The lowest BCUT2D eigenvalue weighted by molar-refractivity contribution is -0.117. The van der Waals surface area contributed by atoms with Gasteiger partial charge in [0.15, 0.2) is 0 Å². The van der Waals surface area contributed by atoms with Gasteiger partial charge < -0.3 is 40.2 Å². The molecule has 2 aromatic carbocycles. The quantitative estimate of drug-likeness (QED) is 0.0330. The molecule has 2 heterocycles. The smallest absolute Gasteiger partial charge is 0.225 e. The number of hydrogen-bond acceptors (Lipinski definition) is 10. The number of pyridine rings is 2. The zero-order valence-corrected chi connectivity index (χ0v) is 39.9. The summed E-state index contributed by atoms with van der Waals surface area (Å²) in [6, 6.07) is 19.1. The molecule has 4 amide bonds. The van der Waals surface area contributed by atoms with Gasteiger partial charge in [-0.1, -0.05) is 115 Å². The fourth-order valence-electron chi connectivity index (χ4n) is 7.21. The molecule has 0 spiro atoms. The number of aromatic nitrogens is 2. The van der Waals surface area contributed by atoms with Crippen LogP contribution in [0.25, 0.3) is 10.8 Å². The van der Waals surface area contributed by atoms with Crippen molar-refractivity contribution in [2.45, 2.75) is 156 Å². The van der Waals surface area contributed by atoms with Gasteiger partial charge in [0.25, 0.3) is 0 Å². The number of carbonyl (C=O) groups excluding carboxylic acids is 4. The summed E-state index contributed by atoms with van der Waals surface area (Å²) in [7, 11) is 0. The predicted molar refractivity (Wildman–Crippen MR) is 263 cm³/mol. The van der Waals surface area contributed by atoms with Gasteiger partial charge >= 0.3 is 0 Å². The van der Waals surface area contributed by atoms with E-state index < -0.39 is 0 Å². The zero-order valence-electron chi connectivity index (χ0n) is 39.9. The van der Waals surface area contributed by atoms with E-state index in [0.29, 0.717) is 113 Å². The first-order valence-electron chi connectivity index (χ1n) is 24.3. The van der Waals surface area contributed by atoms with Crippen molar-refractivity contribution >= 4 is 57.7 Å².